The van der Waals surface area contributed by atoms with Crippen molar-refractivity contribution in [2.24, 2.45) is 0 Å². The molecule has 1 nitrogen and oxygen atoms in total. The molecular formula is C18H14ClN. The zero-order valence-electron chi connectivity index (χ0n) is 11.2. The fourth-order valence-corrected chi connectivity index (χ4v) is 2.69. The number of aryl methyl sites for hydroxylation is 1. The second kappa shape index (κ2) is 5.10. The van der Waals surface area contributed by atoms with Crippen LogP contribution in [0, 0.1) is 6.92 Å². The molecule has 2 aromatic carbocycles. The highest BCUT2D eigenvalue weighted by Gasteiger charge is 2.11. The van der Waals surface area contributed by atoms with Gasteiger partial charge >= 0.3 is 0 Å². The van der Waals surface area contributed by atoms with Crippen LogP contribution in [0.25, 0.3) is 28.1 Å². The number of nitrogens with zero attached hydrogens (tertiary/aromatic N) is 1. The summed E-state index contributed by atoms with van der Waals surface area (Å²) in [5.74, 6) is 0. The lowest BCUT2D eigenvalue weighted by Crippen LogP contribution is -1.91. The van der Waals surface area contributed by atoms with Crippen LogP contribution in [0.15, 0.2) is 55.2 Å². The molecule has 2 heteroatoms. The predicted octanol–water partition coefficient (Wildman–Crippen LogP) is 5.51. The lowest BCUT2D eigenvalue weighted by Gasteiger charge is -2.13. The fourth-order valence-electron chi connectivity index (χ4n) is 2.56. The van der Waals surface area contributed by atoms with Gasteiger partial charge < -0.3 is 0 Å². The summed E-state index contributed by atoms with van der Waals surface area (Å²) in [6.45, 7) is 6.04. The summed E-state index contributed by atoms with van der Waals surface area (Å²) in [5, 5.41) is 1.87. The lowest BCUT2D eigenvalue weighted by atomic mass is 9.92. The summed E-state index contributed by atoms with van der Waals surface area (Å²) < 4.78 is 0. The van der Waals surface area contributed by atoms with Crippen LogP contribution in [-0.4, -0.2) is 4.98 Å². The first-order valence-corrected chi connectivity index (χ1v) is 6.85. The van der Waals surface area contributed by atoms with Crippen molar-refractivity contribution in [3.63, 3.8) is 0 Å². The van der Waals surface area contributed by atoms with Crippen molar-refractivity contribution >= 4 is 28.6 Å². The van der Waals surface area contributed by atoms with Crippen LogP contribution in [-0.2, 0) is 0 Å². The minimum absolute atomic E-state index is 0.740. The van der Waals surface area contributed by atoms with E-state index in [9.17, 15) is 0 Å². The molecule has 0 atom stereocenters. The molecule has 98 valence electrons. The quantitative estimate of drug-likeness (QED) is 0.603. The average Bonchev–Trinajstić information content (AvgIpc) is 2.47. The summed E-state index contributed by atoms with van der Waals surface area (Å²) in [6, 6.07) is 14.1. The van der Waals surface area contributed by atoms with Gasteiger partial charge in [-0.1, -0.05) is 42.5 Å². The Labute approximate surface area is 123 Å². The van der Waals surface area contributed by atoms with Gasteiger partial charge in [0.1, 0.15) is 0 Å². The van der Waals surface area contributed by atoms with Crippen LogP contribution in [0.4, 0.5) is 0 Å². The number of fused-ring (bicyclic) bond motifs is 1. The summed E-state index contributed by atoms with van der Waals surface area (Å²) in [7, 11) is 0. The third-order valence-corrected chi connectivity index (χ3v) is 3.74. The highest BCUT2D eigenvalue weighted by Crippen LogP contribution is 2.34. The topological polar surface area (TPSA) is 12.9 Å². The van der Waals surface area contributed by atoms with Crippen molar-refractivity contribution in [3.8, 4) is 11.1 Å². The summed E-state index contributed by atoms with van der Waals surface area (Å²) in [6.07, 6.45) is 3.73. The smallest absolute Gasteiger partial charge is 0.0711 e. The Morgan fingerprint density at radius 2 is 1.90 bits per heavy atom. The van der Waals surface area contributed by atoms with E-state index in [-0.39, 0.29) is 0 Å². The molecule has 0 radical (unpaired) electrons. The first-order chi connectivity index (χ1) is 9.70. The monoisotopic (exact) mass is 279 g/mol. The molecule has 3 aromatic rings. The van der Waals surface area contributed by atoms with Gasteiger partial charge in [-0.2, -0.15) is 0 Å². The molecule has 1 heterocycles. The second-order valence-electron chi connectivity index (χ2n) is 4.76. The number of aromatic nitrogens is 1. The number of hydrogen-bond donors (Lipinski definition) is 0. The third-order valence-electron chi connectivity index (χ3n) is 3.49. The molecule has 0 aliphatic heterocycles. The molecule has 0 amide bonds. The van der Waals surface area contributed by atoms with Gasteiger partial charge in [0.05, 0.1) is 5.52 Å². The van der Waals surface area contributed by atoms with Gasteiger partial charge in [-0.3, -0.25) is 4.98 Å². The van der Waals surface area contributed by atoms with Gasteiger partial charge in [0.2, 0.25) is 0 Å². The highest BCUT2D eigenvalue weighted by atomic mass is 35.5. The Bertz CT molecular complexity index is 788. The molecule has 20 heavy (non-hydrogen) atoms. The fraction of sp³-hybridized carbons (Fsp3) is 0.0556. The Morgan fingerprint density at radius 3 is 2.60 bits per heavy atom. The third kappa shape index (κ3) is 2.10. The summed E-state index contributed by atoms with van der Waals surface area (Å²) >= 11 is 5.99. The summed E-state index contributed by atoms with van der Waals surface area (Å²) in [4.78, 5) is 4.46. The normalized spacial score (nSPS) is 10.7. The zero-order valence-corrected chi connectivity index (χ0v) is 12.0. The van der Waals surface area contributed by atoms with Crippen LogP contribution in [0.2, 0.25) is 5.02 Å². The second-order valence-corrected chi connectivity index (χ2v) is 5.20. The van der Waals surface area contributed by atoms with E-state index in [1.807, 2.05) is 42.6 Å². The van der Waals surface area contributed by atoms with E-state index in [1.54, 1.807) is 0 Å². The van der Waals surface area contributed by atoms with Crippen molar-refractivity contribution in [3.05, 3.63) is 71.4 Å². The van der Waals surface area contributed by atoms with E-state index >= 15 is 0 Å². The largest absolute Gasteiger partial charge is 0.256 e. The van der Waals surface area contributed by atoms with E-state index in [2.05, 4.69) is 30.6 Å². The molecule has 0 spiro atoms. The minimum atomic E-state index is 0.740. The highest BCUT2D eigenvalue weighted by molar-refractivity contribution is 6.30. The van der Waals surface area contributed by atoms with Crippen molar-refractivity contribution in [1.82, 2.24) is 4.98 Å². The van der Waals surface area contributed by atoms with Crippen molar-refractivity contribution in [1.29, 1.82) is 0 Å². The first kappa shape index (κ1) is 12.9. The SMILES string of the molecule is C=Cc1c(C)cc2ncccc2c1-c1ccc(Cl)cc1. The Balaban J connectivity index is 2.42. The maximum Gasteiger partial charge on any atom is 0.0711 e. The maximum atomic E-state index is 5.99. The Morgan fingerprint density at radius 1 is 1.15 bits per heavy atom. The van der Waals surface area contributed by atoms with Gasteiger partial charge in [-0.05, 0) is 53.4 Å². The molecule has 0 aliphatic carbocycles. The predicted molar refractivity (Wildman–Crippen MR) is 87.0 cm³/mol. The van der Waals surface area contributed by atoms with E-state index in [4.69, 9.17) is 11.6 Å². The minimum Gasteiger partial charge on any atom is -0.256 e. The van der Waals surface area contributed by atoms with Crippen LogP contribution >= 0.6 is 11.6 Å². The van der Waals surface area contributed by atoms with Crippen molar-refractivity contribution in [2.45, 2.75) is 6.92 Å². The molecule has 0 saturated heterocycles. The molecule has 0 aliphatic rings. The molecule has 3 rings (SSSR count). The molecule has 0 bridgehead atoms. The molecular weight excluding hydrogens is 266 g/mol. The zero-order chi connectivity index (χ0) is 14.1. The van der Waals surface area contributed by atoms with E-state index < -0.39 is 0 Å². The van der Waals surface area contributed by atoms with Crippen LogP contribution in [0.5, 0.6) is 0 Å². The molecule has 1 aromatic heterocycles. The van der Waals surface area contributed by atoms with Gasteiger partial charge in [0.15, 0.2) is 0 Å². The number of pyridine rings is 1. The Kier molecular flexibility index (Phi) is 3.29. The van der Waals surface area contributed by atoms with Crippen LogP contribution < -0.4 is 0 Å². The van der Waals surface area contributed by atoms with Gasteiger partial charge in [0, 0.05) is 16.6 Å². The standard InChI is InChI=1S/C18H14ClN/c1-3-15-12(2)11-17-16(5-4-10-20-17)18(15)13-6-8-14(19)9-7-13/h3-11H,1H2,2H3. The van der Waals surface area contributed by atoms with Gasteiger partial charge in [-0.15, -0.1) is 0 Å². The number of hydrogen-bond acceptors (Lipinski definition) is 1. The lowest BCUT2D eigenvalue weighted by molar-refractivity contribution is 1.38. The average molecular weight is 280 g/mol. The maximum absolute atomic E-state index is 5.99. The first-order valence-electron chi connectivity index (χ1n) is 6.47. The summed E-state index contributed by atoms with van der Waals surface area (Å²) in [5.41, 5.74) is 5.62. The molecule has 0 unspecified atom stereocenters. The van der Waals surface area contributed by atoms with Crippen LogP contribution in [0.3, 0.4) is 0 Å². The van der Waals surface area contributed by atoms with E-state index in [1.165, 1.54) is 11.1 Å². The van der Waals surface area contributed by atoms with Crippen molar-refractivity contribution < 1.29 is 0 Å². The van der Waals surface area contributed by atoms with Gasteiger partial charge in [-0.25, -0.2) is 0 Å². The molecule has 0 fully saturated rings. The van der Waals surface area contributed by atoms with Crippen LogP contribution in [0.1, 0.15) is 11.1 Å². The Hall–Kier alpha value is -2.12. The number of rotatable bonds is 2. The van der Waals surface area contributed by atoms with E-state index in [0.717, 1.165) is 27.1 Å². The van der Waals surface area contributed by atoms with Crippen molar-refractivity contribution in [2.75, 3.05) is 0 Å². The molecule has 0 N–H and O–H groups in total. The molecule has 0 saturated carbocycles. The van der Waals surface area contributed by atoms with Gasteiger partial charge in [0.25, 0.3) is 0 Å². The number of halogens is 1. The van der Waals surface area contributed by atoms with E-state index in [0.29, 0.717) is 0 Å². The number of benzene rings is 2.